The molecule has 1 N–H and O–H groups in total. The lowest BCUT2D eigenvalue weighted by Crippen LogP contribution is -2.23. The maximum atomic E-state index is 13.1. The van der Waals surface area contributed by atoms with E-state index in [1.807, 2.05) is 0 Å². The highest BCUT2D eigenvalue weighted by atomic mass is 19.1. The van der Waals surface area contributed by atoms with Crippen LogP contribution in [0.1, 0.15) is 15.9 Å². The second-order valence-electron chi connectivity index (χ2n) is 2.57. The lowest BCUT2D eigenvalue weighted by atomic mass is 10.1. The van der Waals surface area contributed by atoms with E-state index in [1.54, 1.807) is 19.1 Å². The maximum Gasteiger partial charge on any atom is 0.278 e. The summed E-state index contributed by atoms with van der Waals surface area (Å²) in [7, 11) is 1.30. The molecule has 1 aromatic carbocycles. The number of hydrogen-bond donors (Lipinski definition) is 1. The molecule has 1 aromatic rings. The normalized spacial score (nSPS) is 9.77. The van der Waals surface area contributed by atoms with Crippen LogP contribution in [0.15, 0.2) is 18.2 Å². The van der Waals surface area contributed by atoms with Crippen LogP contribution < -0.4 is 5.48 Å². The van der Waals surface area contributed by atoms with Crippen molar-refractivity contribution in [1.29, 1.82) is 0 Å². The van der Waals surface area contributed by atoms with Crippen LogP contribution in [-0.4, -0.2) is 13.0 Å². The first-order chi connectivity index (χ1) is 6.16. The molecular weight excluding hydrogens is 173 g/mol. The minimum Gasteiger partial charge on any atom is -0.277 e. The quantitative estimate of drug-likeness (QED) is 0.704. The molecular formula is C9H10FNO2. The molecule has 0 fully saturated rings. The van der Waals surface area contributed by atoms with Gasteiger partial charge in [-0.3, -0.25) is 9.63 Å². The van der Waals surface area contributed by atoms with Gasteiger partial charge in [0.05, 0.1) is 12.7 Å². The Morgan fingerprint density at radius 2 is 2.23 bits per heavy atom. The molecule has 0 spiro atoms. The predicted octanol–water partition coefficient (Wildman–Crippen LogP) is 1.43. The van der Waals surface area contributed by atoms with Crippen molar-refractivity contribution in [2.45, 2.75) is 6.92 Å². The van der Waals surface area contributed by atoms with Crippen LogP contribution in [0.4, 0.5) is 4.39 Å². The Morgan fingerprint density at radius 1 is 1.54 bits per heavy atom. The number of nitrogens with one attached hydrogen (secondary N) is 1. The summed E-state index contributed by atoms with van der Waals surface area (Å²) in [5.74, 6) is -1.12. The van der Waals surface area contributed by atoms with Gasteiger partial charge < -0.3 is 0 Å². The van der Waals surface area contributed by atoms with Gasteiger partial charge in [-0.15, -0.1) is 0 Å². The van der Waals surface area contributed by atoms with E-state index in [-0.39, 0.29) is 5.56 Å². The molecule has 0 saturated heterocycles. The average Bonchev–Trinajstić information content (AvgIpc) is 2.04. The highest BCUT2D eigenvalue weighted by Gasteiger charge is 2.13. The topological polar surface area (TPSA) is 38.3 Å². The van der Waals surface area contributed by atoms with E-state index in [2.05, 4.69) is 10.3 Å². The van der Waals surface area contributed by atoms with Crippen LogP contribution >= 0.6 is 0 Å². The van der Waals surface area contributed by atoms with Gasteiger partial charge in [0.15, 0.2) is 0 Å². The van der Waals surface area contributed by atoms with Crippen LogP contribution in [-0.2, 0) is 4.84 Å². The first-order valence-electron chi connectivity index (χ1n) is 3.75. The van der Waals surface area contributed by atoms with Crippen LogP contribution in [0.25, 0.3) is 0 Å². The van der Waals surface area contributed by atoms with Gasteiger partial charge in [0.1, 0.15) is 5.82 Å². The molecule has 0 unspecified atom stereocenters. The number of amides is 1. The van der Waals surface area contributed by atoms with Gasteiger partial charge in [-0.2, -0.15) is 0 Å². The van der Waals surface area contributed by atoms with Crippen molar-refractivity contribution < 1.29 is 14.0 Å². The molecule has 4 heteroatoms. The van der Waals surface area contributed by atoms with Crippen molar-refractivity contribution in [2.75, 3.05) is 7.11 Å². The van der Waals surface area contributed by atoms with Gasteiger partial charge in [0.2, 0.25) is 0 Å². The summed E-state index contributed by atoms with van der Waals surface area (Å²) in [5, 5.41) is 0. The zero-order chi connectivity index (χ0) is 9.84. The molecule has 70 valence electrons. The Hall–Kier alpha value is -1.42. The van der Waals surface area contributed by atoms with Crippen molar-refractivity contribution in [3.8, 4) is 0 Å². The molecule has 1 rings (SSSR count). The number of halogens is 1. The minimum atomic E-state index is -0.571. The summed E-state index contributed by atoms with van der Waals surface area (Å²) in [6.45, 7) is 1.66. The van der Waals surface area contributed by atoms with Crippen LogP contribution in [0, 0.1) is 12.7 Å². The largest absolute Gasteiger partial charge is 0.278 e. The van der Waals surface area contributed by atoms with Crippen LogP contribution in [0.5, 0.6) is 0 Å². The lowest BCUT2D eigenvalue weighted by Gasteiger charge is -2.05. The zero-order valence-electron chi connectivity index (χ0n) is 7.43. The van der Waals surface area contributed by atoms with Crippen LogP contribution in [0.2, 0.25) is 0 Å². The number of hydrogen-bond acceptors (Lipinski definition) is 2. The van der Waals surface area contributed by atoms with Crippen molar-refractivity contribution in [3.63, 3.8) is 0 Å². The summed E-state index contributed by atoms with van der Waals surface area (Å²) in [6, 6.07) is 4.44. The third kappa shape index (κ3) is 2.03. The molecule has 0 heterocycles. The first kappa shape index (κ1) is 9.67. The second kappa shape index (κ2) is 4.00. The van der Waals surface area contributed by atoms with Crippen molar-refractivity contribution >= 4 is 5.91 Å². The highest BCUT2D eigenvalue weighted by Crippen LogP contribution is 2.11. The fraction of sp³-hybridized carbons (Fsp3) is 0.222. The Morgan fingerprint density at radius 3 is 2.77 bits per heavy atom. The number of hydroxylamine groups is 1. The molecule has 0 aliphatic rings. The van der Waals surface area contributed by atoms with Crippen molar-refractivity contribution in [2.24, 2.45) is 0 Å². The van der Waals surface area contributed by atoms with Gasteiger partial charge >= 0.3 is 0 Å². The molecule has 0 aromatic heterocycles. The van der Waals surface area contributed by atoms with Crippen molar-refractivity contribution in [3.05, 3.63) is 35.1 Å². The monoisotopic (exact) mass is 183 g/mol. The standard InChI is InChI=1S/C9H10FNO2/c1-6-4-3-5-7(10)8(6)9(12)11-13-2/h3-5H,1-2H3,(H,11,12). The average molecular weight is 183 g/mol. The molecule has 13 heavy (non-hydrogen) atoms. The SMILES string of the molecule is CONC(=O)c1c(C)cccc1F. The smallest absolute Gasteiger partial charge is 0.277 e. The van der Waals surface area contributed by atoms with Crippen molar-refractivity contribution in [1.82, 2.24) is 5.48 Å². The molecule has 0 bridgehead atoms. The summed E-state index contributed by atoms with van der Waals surface area (Å²) in [6.07, 6.45) is 0. The fourth-order valence-electron chi connectivity index (χ4n) is 1.06. The van der Waals surface area contributed by atoms with E-state index < -0.39 is 11.7 Å². The summed E-state index contributed by atoms with van der Waals surface area (Å²) in [5.41, 5.74) is 2.66. The first-order valence-corrected chi connectivity index (χ1v) is 3.75. The number of carbonyl (C=O) groups is 1. The Labute approximate surface area is 75.5 Å². The third-order valence-electron chi connectivity index (χ3n) is 1.64. The molecule has 1 amide bonds. The number of rotatable bonds is 2. The molecule has 0 atom stereocenters. The fourth-order valence-corrected chi connectivity index (χ4v) is 1.06. The number of carbonyl (C=O) groups excluding carboxylic acids is 1. The van der Waals surface area contributed by atoms with Gasteiger partial charge in [0.25, 0.3) is 5.91 Å². The molecule has 0 aliphatic carbocycles. The Kier molecular flexibility index (Phi) is 2.97. The van der Waals surface area contributed by atoms with Gasteiger partial charge in [-0.25, -0.2) is 9.87 Å². The van der Waals surface area contributed by atoms with E-state index >= 15 is 0 Å². The van der Waals surface area contributed by atoms with Crippen LogP contribution in [0.3, 0.4) is 0 Å². The third-order valence-corrected chi connectivity index (χ3v) is 1.64. The van der Waals surface area contributed by atoms with E-state index in [1.165, 1.54) is 13.2 Å². The zero-order valence-corrected chi connectivity index (χ0v) is 7.43. The van der Waals surface area contributed by atoms with Gasteiger partial charge in [-0.05, 0) is 18.6 Å². The molecule has 0 saturated carbocycles. The van der Waals surface area contributed by atoms with E-state index in [0.717, 1.165) is 0 Å². The Balaban J connectivity index is 3.05. The molecule has 0 aliphatic heterocycles. The number of benzene rings is 1. The van der Waals surface area contributed by atoms with Gasteiger partial charge in [-0.1, -0.05) is 12.1 Å². The predicted molar refractivity (Wildman–Crippen MR) is 45.6 cm³/mol. The summed E-state index contributed by atoms with van der Waals surface area (Å²) >= 11 is 0. The Bertz CT molecular complexity index is 305. The molecule has 3 nitrogen and oxygen atoms in total. The minimum absolute atomic E-state index is 0.0179. The number of aryl methyl sites for hydroxylation is 1. The van der Waals surface area contributed by atoms with E-state index in [4.69, 9.17) is 0 Å². The molecule has 0 radical (unpaired) electrons. The van der Waals surface area contributed by atoms with E-state index in [0.29, 0.717) is 5.56 Å². The van der Waals surface area contributed by atoms with Gasteiger partial charge in [0, 0.05) is 0 Å². The van der Waals surface area contributed by atoms with E-state index in [9.17, 15) is 9.18 Å². The maximum absolute atomic E-state index is 13.1. The lowest BCUT2D eigenvalue weighted by molar-refractivity contribution is 0.0533. The highest BCUT2D eigenvalue weighted by molar-refractivity contribution is 5.95. The second-order valence-corrected chi connectivity index (χ2v) is 2.57. The summed E-state index contributed by atoms with van der Waals surface area (Å²) < 4.78 is 13.1. The summed E-state index contributed by atoms with van der Waals surface area (Å²) in [4.78, 5) is 15.6.